The van der Waals surface area contributed by atoms with E-state index < -0.39 is 30.8 Å². The molecule has 28 heavy (non-hydrogen) atoms. The van der Waals surface area contributed by atoms with E-state index >= 15 is 0 Å². The van der Waals surface area contributed by atoms with Crippen LogP contribution in [0.5, 0.6) is 0 Å². The van der Waals surface area contributed by atoms with E-state index in [2.05, 4.69) is 15.0 Å². The second-order valence-electron chi connectivity index (χ2n) is 6.32. The summed E-state index contributed by atoms with van der Waals surface area (Å²) in [6.07, 6.45) is -2.66. The number of unbranched alkanes of at least 4 members (excludes halogenated alkanes) is 2. The lowest BCUT2D eigenvalue weighted by molar-refractivity contribution is -0.0583. The third-order valence-corrected chi connectivity index (χ3v) is 4.49. The van der Waals surface area contributed by atoms with Gasteiger partial charge in [-0.1, -0.05) is 19.8 Å². The minimum Gasteiger partial charge on any atom is -0.434 e. The first-order valence-corrected chi connectivity index (χ1v) is 9.22. The van der Waals surface area contributed by atoms with Gasteiger partial charge >= 0.3 is 6.16 Å². The maximum Gasteiger partial charge on any atom is 0.508 e. The van der Waals surface area contributed by atoms with Gasteiger partial charge in [0.1, 0.15) is 24.3 Å². The van der Waals surface area contributed by atoms with Crippen molar-refractivity contribution in [2.24, 2.45) is 0 Å². The maximum absolute atomic E-state index is 14.6. The van der Waals surface area contributed by atoms with Gasteiger partial charge in [0.05, 0.1) is 12.9 Å². The number of aliphatic hydroxyl groups is 1. The first kappa shape index (κ1) is 20.5. The summed E-state index contributed by atoms with van der Waals surface area (Å²) in [7, 11) is 0. The Hall–Kier alpha value is -2.24. The van der Waals surface area contributed by atoms with Crippen LogP contribution in [0, 0.1) is 0 Å². The van der Waals surface area contributed by atoms with Crippen LogP contribution in [-0.2, 0) is 14.2 Å². The number of hydrogen-bond donors (Lipinski definition) is 2. The third-order valence-electron chi connectivity index (χ3n) is 4.32. The van der Waals surface area contributed by atoms with Crippen molar-refractivity contribution < 1.29 is 28.5 Å². The average Bonchev–Trinajstić information content (AvgIpc) is 3.19. The second kappa shape index (κ2) is 8.84. The number of rotatable bonds is 7. The zero-order chi connectivity index (χ0) is 20.3. The lowest BCUT2D eigenvalue weighted by Gasteiger charge is -2.15. The molecule has 154 valence electrons. The Bertz CT molecular complexity index is 837. The number of anilines is 1. The van der Waals surface area contributed by atoms with Gasteiger partial charge < -0.3 is 25.1 Å². The van der Waals surface area contributed by atoms with Crippen LogP contribution in [0.1, 0.15) is 32.4 Å². The first-order chi connectivity index (χ1) is 13.4. The molecular formula is C16H21ClFN5O5. The van der Waals surface area contributed by atoms with Crippen LogP contribution >= 0.6 is 11.6 Å². The molecule has 2 aromatic heterocycles. The van der Waals surface area contributed by atoms with E-state index in [4.69, 9.17) is 31.5 Å². The van der Waals surface area contributed by atoms with Crippen LogP contribution < -0.4 is 5.73 Å². The molecule has 1 aliphatic heterocycles. The standard InChI is InChI=1S/C16H21ClFN5O5/c1-2-3-4-5-26-16(25)27-6-8-11(24)9(18)14(28-8)23-7-20-10-12(19)21-15(17)22-13(10)23/h7-9,11,14,24H,2-6H2,1H3,(H2,19,21,22)/t8-,9+,11-,14-/m1/s1. The molecule has 3 rings (SSSR count). The Balaban J connectivity index is 1.64. The quantitative estimate of drug-likeness (QED) is 0.394. The Kier molecular flexibility index (Phi) is 6.47. The SMILES string of the molecule is CCCCCOC(=O)OC[C@H]1O[C@@H](n2cnc3c(N)nc(Cl)nc32)[C@@H](F)[C@@H]1O. The van der Waals surface area contributed by atoms with Gasteiger partial charge in [0.25, 0.3) is 0 Å². The van der Waals surface area contributed by atoms with E-state index in [1.807, 2.05) is 6.92 Å². The number of aliphatic hydroxyl groups excluding tert-OH is 1. The number of aromatic nitrogens is 4. The van der Waals surface area contributed by atoms with Gasteiger partial charge in [-0.05, 0) is 18.0 Å². The predicted octanol–water partition coefficient (Wildman–Crippen LogP) is 2.00. The van der Waals surface area contributed by atoms with Gasteiger partial charge in [0.15, 0.2) is 23.9 Å². The van der Waals surface area contributed by atoms with Crippen LogP contribution in [0.3, 0.4) is 0 Å². The normalized spacial score (nSPS) is 24.6. The molecule has 0 unspecified atom stereocenters. The molecule has 3 heterocycles. The fraction of sp³-hybridized carbons (Fsp3) is 0.625. The molecule has 1 fully saturated rings. The van der Waals surface area contributed by atoms with E-state index in [9.17, 15) is 14.3 Å². The minimum atomic E-state index is -1.82. The number of hydrogen-bond acceptors (Lipinski definition) is 9. The summed E-state index contributed by atoms with van der Waals surface area (Å²) in [6, 6.07) is 0. The van der Waals surface area contributed by atoms with E-state index in [1.54, 1.807) is 0 Å². The van der Waals surface area contributed by atoms with Gasteiger partial charge in [-0.25, -0.2) is 14.2 Å². The fourth-order valence-corrected chi connectivity index (χ4v) is 3.03. The maximum atomic E-state index is 14.6. The summed E-state index contributed by atoms with van der Waals surface area (Å²) < 4.78 is 31.2. The summed E-state index contributed by atoms with van der Waals surface area (Å²) >= 11 is 5.80. The number of carbonyl (C=O) groups excluding carboxylic acids is 1. The number of ether oxygens (including phenoxy) is 3. The van der Waals surface area contributed by atoms with Gasteiger partial charge in [-0.2, -0.15) is 9.97 Å². The van der Waals surface area contributed by atoms with Crippen molar-refractivity contribution in [3.05, 3.63) is 11.6 Å². The number of carbonyl (C=O) groups is 1. The molecule has 0 amide bonds. The van der Waals surface area contributed by atoms with Crippen LogP contribution in [0.2, 0.25) is 5.28 Å². The number of nitrogens with two attached hydrogens (primary N) is 1. The van der Waals surface area contributed by atoms with Crippen LogP contribution in [0.15, 0.2) is 6.33 Å². The predicted molar refractivity (Wildman–Crippen MR) is 96.4 cm³/mol. The Morgan fingerprint density at radius 1 is 1.43 bits per heavy atom. The average molecular weight is 418 g/mol. The zero-order valence-electron chi connectivity index (χ0n) is 15.1. The molecule has 0 aromatic carbocycles. The Labute approximate surface area is 164 Å². The molecule has 0 spiro atoms. The van der Waals surface area contributed by atoms with Gasteiger partial charge in [0.2, 0.25) is 5.28 Å². The Morgan fingerprint density at radius 2 is 2.21 bits per heavy atom. The molecule has 1 saturated heterocycles. The molecule has 3 N–H and O–H groups in total. The van der Waals surface area contributed by atoms with Gasteiger partial charge in [-0.15, -0.1) is 0 Å². The van der Waals surface area contributed by atoms with E-state index in [0.29, 0.717) is 0 Å². The molecule has 2 aromatic rings. The van der Waals surface area contributed by atoms with E-state index in [0.717, 1.165) is 19.3 Å². The number of fused-ring (bicyclic) bond motifs is 1. The van der Waals surface area contributed by atoms with E-state index in [1.165, 1.54) is 10.9 Å². The summed E-state index contributed by atoms with van der Waals surface area (Å²) in [5, 5.41) is 9.98. The number of halogens is 2. The lowest BCUT2D eigenvalue weighted by atomic mass is 10.1. The fourth-order valence-electron chi connectivity index (χ4n) is 2.86. The molecule has 1 aliphatic rings. The summed E-state index contributed by atoms with van der Waals surface area (Å²) in [4.78, 5) is 23.4. The van der Waals surface area contributed by atoms with Crippen molar-refractivity contribution in [3.63, 3.8) is 0 Å². The monoisotopic (exact) mass is 417 g/mol. The van der Waals surface area contributed by atoms with Crippen LogP contribution in [-0.4, -0.2) is 62.4 Å². The van der Waals surface area contributed by atoms with Crippen molar-refractivity contribution in [1.29, 1.82) is 0 Å². The number of imidazole rings is 1. The van der Waals surface area contributed by atoms with Gasteiger partial charge in [-0.3, -0.25) is 4.57 Å². The van der Waals surface area contributed by atoms with Crippen molar-refractivity contribution in [2.45, 2.75) is 50.8 Å². The molecule has 0 radical (unpaired) electrons. The molecule has 4 atom stereocenters. The number of nitrogens with zero attached hydrogens (tertiary/aromatic N) is 4. The van der Waals surface area contributed by atoms with Crippen molar-refractivity contribution in [3.8, 4) is 0 Å². The van der Waals surface area contributed by atoms with Gasteiger partial charge in [0, 0.05) is 0 Å². The molecular weight excluding hydrogens is 397 g/mol. The summed E-state index contributed by atoms with van der Waals surface area (Å²) in [5.74, 6) is 0.0356. The smallest absolute Gasteiger partial charge is 0.434 e. The summed E-state index contributed by atoms with van der Waals surface area (Å²) in [6.45, 7) is 1.89. The Morgan fingerprint density at radius 3 is 2.96 bits per heavy atom. The zero-order valence-corrected chi connectivity index (χ0v) is 15.9. The van der Waals surface area contributed by atoms with Crippen LogP contribution in [0.25, 0.3) is 11.2 Å². The highest BCUT2D eigenvalue weighted by Gasteiger charge is 2.46. The third kappa shape index (κ3) is 4.26. The highest BCUT2D eigenvalue weighted by molar-refractivity contribution is 6.28. The van der Waals surface area contributed by atoms with Crippen molar-refractivity contribution in [2.75, 3.05) is 18.9 Å². The number of alkyl halides is 1. The minimum absolute atomic E-state index is 0.0356. The summed E-state index contributed by atoms with van der Waals surface area (Å²) in [5.41, 5.74) is 6.12. The lowest BCUT2D eigenvalue weighted by Crippen LogP contribution is -2.32. The van der Waals surface area contributed by atoms with Crippen molar-refractivity contribution >= 4 is 34.7 Å². The molecule has 10 nitrogen and oxygen atoms in total. The molecule has 0 saturated carbocycles. The second-order valence-corrected chi connectivity index (χ2v) is 6.66. The number of nitrogen functional groups attached to an aromatic ring is 1. The topological polar surface area (TPSA) is 135 Å². The van der Waals surface area contributed by atoms with Crippen molar-refractivity contribution in [1.82, 2.24) is 19.5 Å². The van der Waals surface area contributed by atoms with E-state index in [-0.39, 0.29) is 35.5 Å². The highest BCUT2D eigenvalue weighted by atomic mass is 35.5. The first-order valence-electron chi connectivity index (χ1n) is 8.85. The molecule has 0 aliphatic carbocycles. The molecule has 12 heteroatoms. The molecule has 0 bridgehead atoms. The largest absolute Gasteiger partial charge is 0.508 e. The van der Waals surface area contributed by atoms with Crippen LogP contribution in [0.4, 0.5) is 15.0 Å². The highest BCUT2D eigenvalue weighted by Crippen LogP contribution is 2.34.